The van der Waals surface area contributed by atoms with E-state index in [0.29, 0.717) is 30.2 Å². The molecule has 37 heavy (non-hydrogen) atoms. The number of rotatable bonds is 6. The molecule has 186 valence electrons. The van der Waals surface area contributed by atoms with E-state index in [2.05, 4.69) is 31.0 Å². The van der Waals surface area contributed by atoms with Gasteiger partial charge in [-0.05, 0) is 30.7 Å². The Hall–Kier alpha value is -5.18. The average molecular weight is 501 g/mol. The van der Waals surface area contributed by atoms with E-state index < -0.39 is 18.9 Å². The predicted octanol–water partition coefficient (Wildman–Crippen LogP) is 1.36. The van der Waals surface area contributed by atoms with Crippen molar-refractivity contribution in [1.82, 2.24) is 29.8 Å². The van der Waals surface area contributed by atoms with Crippen LogP contribution in [0.3, 0.4) is 0 Å². The Morgan fingerprint density at radius 3 is 2.89 bits per heavy atom. The minimum atomic E-state index is -2.58. The fourth-order valence-corrected chi connectivity index (χ4v) is 4.18. The normalized spacial score (nSPS) is 18.5. The molecular weight excluding hydrogens is 474 g/mol. The number of amides is 1. The molecule has 0 radical (unpaired) electrons. The number of fused-ring (bicyclic) bond motifs is 1. The van der Waals surface area contributed by atoms with Gasteiger partial charge in [0.1, 0.15) is 17.5 Å². The number of hydrogen-bond donors (Lipinski definition) is 3. The molecule has 1 amide bonds. The van der Waals surface area contributed by atoms with Gasteiger partial charge in [0.15, 0.2) is 28.8 Å². The lowest BCUT2D eigenvalue weighted by Crippen LogP contribution is -2.36. The van der Waals surface area contributed by atoms with Gasteiger partial charge in [0, 0.05) is 43.1 Å². The number of carbonyl (C=O) groups excluding carboxylic acids is 3. The summed E-state index contributed by atoms with van der Waals surface area (Å²) in [4.78, 5) is 48.3. The van der Waals surface area contributed by atoms with Crippen molar-refractivity contribution < 1.29 is 18.5 Å². The maximum atomic E-state index is 13.2. The van der Waals surface area contributed by atoms with Crippen molar-refractivity contribution in [2.24, 2.45) is 0 Å². The molecule has 3 N–H and O–H groups in total. The van der Waals surface area contributed by atoms with Gasteiger partial charge in [0.05, 0.1) is 23.6 Å². The van der Waals surface area contributed by atoms with Crippen LogP contribution in [0.25, 0.3) is 5.65 Å². The van der Waals surface area contributed by atoms with Crippen LogP contribution in [0.4, 0.5) is 17.3 Å². The monoisotopic (exact) mass is 500 g/mol. The van der Waals surface area contributed by atoms with Crippen molar-refractivity contribution in [3.8, 4) is 0 Å². The van der Waals surface area contributed by atoms with Gasteiger partial charge in [-0.2, -0.15) is 0 Å². The summed E-state index contributed by atoms with van der Waals surface area (Å²) in [6, 6.07) is 6.10. The van der Waals surface area contributed by atoms with E-state index in [-0.39, 0.29) is 28.5 Å². The van der Waals surface area contributed by atoms with Gasteiger partial charge in [-0.3, -0.25) is 9.69 Å². The molecule has 0 unspecified atom stereocenters. The quantitative estimate of drug-likeness (QED) is 0.426. The number of pyridine rings is 1. The van der Waals surface area contributed by atoms with Crippen LogP contribution in [0, 0.1) is 0 Å². The first-order valence-corrected chi connectivity index (χ1v) is 11.2. The Morgan fingerprint density at radius 2 is 2.14 bits per heavy atom. The van der Waals surface area contributed by atoms with Gasteiger partial charge in [0.2, 0.25) is 0 Å². The second-order valence-corrected chi connectivity index (χ2v) is 8.23. The van der Waals surface area contributed by atoms with Crippen molar-refractivity contribution >= 4 is 40.8 Å². The van der Waals surface area contributed by atoms with Gasteiger partial charge < -0.3 is 20.9 Å². The first-order chi connectivity index (χ1) is 19.2. The van der Waals surface area contributed by atoms with E-state index in [1.54, 1.807) is 54.7 Å². The highest BCUT2D eigenvalue weighted by Gasteiger charge is 2.29. The highest BCUT2D eigenvalue weighted by molar-refractivity contribution is 5.94. The van der Waals surface area contributed by atoms with Crippen molar-refractivity contribution in [2.45, 2.75) is 12.5 Å². The zero-order valence-corrected chi connectivity index (χ0v) is 19.6. The molecule has 5 heterocycles. The van der Waals surface area contributed by atoms with Gasteiger partial charge in [0.25, 0.3) is 5.91 Å². The largest absolute Gasteiger partial charge is 0.385 e. The Kier molecular flexibility index (Phi) is 5.32. The van der Waals surface area contributed by atoms with E-state index in [0.717, 1.165) is 0 Å². The molecule has 0 saturated carbocycles. The van der Waals surface area contributed by atoms with Crippen molar-refractivity contribution in [3.05, 3.63) is 77.8 Å². The molecule has 0 bridgehead atoms. The smallest absolute Gasteiger partial charge is 0.272 e. The van der Waals surface area contributed by atoms with Crippen LogP contribution in [0.15, 0.2) is 72.1 Å². The van der Waals surface area contributed by atoms with E-state index >= 15 is 0 Å². The molecule has 12 heteroatoms. The molecule has 2 aliphatic heterocycles. The molecule has 1 saturated heterocycles. The topological polar surface area (TPSA) is 137 Å². The number of anilines is 3. The van der Waals surface area contributed by atoms with Crippen LogP contribution in [0.1, 0.15) is 21.0 Å². The van der Waals surface area contributed by atoms with Gasteiger partial charge in [-0.25, -0.2) is 24.1 Å². The Morgan fingerprint density at radius 1 is 1.24 bits per heavy atom. The zero-order valence-electron chi connectivity index (χ0n) is 22.6. The van der Waals surface area contributed by atoms with Crippen LogP contribution in [-0.2, 0) is 9.59 Å². The van der Waals surface area contributed by atoms with E-state index in [9.17, 15) is 14.4 Å². The summed E-state index contributed by atoms with van der Waals surface area (Å²) in [7, 11) is 1.74. The summed E-state index contributed by atoms with van der Waals surface area (Å²) >= 11 is 0. The first kappa shape index (κ1) is 20.1. The predicted molar refractivity (Wildman–Crippen MR) is 137 cm³/mol. The fraction of sp³-hybridized carbons (Fsp3) is 0.200. The standard InChI is InChI=1S/C25H23N9O3/c1-26-18-12-22(29-16-6-5-10-33(21(16)15-36)23-7-3-4-9-27-23)31-34-19(13-28-24(18)34)25(37)30-17-8-11-32(2)20(17)14-35/h3-7,9-10,12-13,17,26H,8,11H2,1-2H3,(H,29,31)(H,30,37)/t17-/m1/s1/i1D3. The number of likely N-dealkylation sites (N-methyl/N-ethyl adjacent to an activating group) is 1. The highest BCUT2D eigenvalue weighted by atomic mass is 16.2. The number of allylic oxidation sites excluding steroid dienone is 2. The third-order valence-corrected chi connectivity index (χ3v) is 5.99. The summed E-state index contributed by atoms with van der Waals surface area (Å²) < 4.78 is 24.2. The lowest BCUT2D eigenvalue weighted by molar-refractivity contribution is 0.0936. The number of nitrogens with one attached hydrogen (secondary N) is 3. The Bertz CT molecular complexity index is 1640. The second-order valence-electron chi connectivity index (χ2n) is 8.23. The molecule has 1 atom stereocenters. The summed E-state index contributed by atoms with van der Waals surface area (Å²) in [5.41, 5.74) is 0.887. The zero-order chi connectivity index (χ0) is 28.4. The third kappa shape index (κ3) is 4.34. The van der Waals surface area contributed by atoms with Crippen molar-refractivity contribution in [3.63, 3.8) is 0 Å². The molecule has 0 aliphatic carbocycles. The number of aromatic nitrogens is 4. The lowest BCUT2D eigenvalue weighted by atomic mass is 10.2. The maximum Gasteiger partial charge on any atom is 0.272 e. The van der Waals surface area contributed by atoms with Crippen molar-refractivity contribution in [1.29, 1.82) is 0 Å². The molecule has 3 aromatic heterocycles. The molecule has 2 aliphatic rings. The third-order valence-electron chi connectivity index (χ3n) is 5.99. The van der Waals surface area contributed by atoms with E-state index in [1.165, 1.54) is 21.7 Å². The minimum absolute atomic E-state index is 0.00540. The second kappa shape index (κ2) is 9.82. The molecule has 5 rings (SSSR count). The number of likely N-dealkylation sites (tertiary alicyclic amines) is 1. The minimum Gasteiger partial charge on any atom is -0.385 e. The van der Waals surface area contributed by atoms with Crippen LogP contribution < -0.4 is 20.9 Å². The van der Waals surface area contributed by atoms with E-state index in [4.69, 9.17) is 4.11 Å². The number of imidazole rings is 1. The van der Waals surface area contributed by atoms with Gasteiger partial charge in [-0.15, -0.1) is 5.10 Å². The van der Waals surface area contributed by atoms with Gasteiger partial charge in [-0.1, -0.05) is 6.07 Å². The van der Waals surface area contributed by atoms with Crippen LogP contribution in [0.2, 0.25) is 0 Å². The summed E-state index contributed by atoms with van der Waals surface area (Å²) in [6.45, 7) is -2.00. The number of carbonyl (C=O) groups is 1. The summed E-state index contributed by atoms with van der Waals surface area (Å²) in [6.07, 6.45) is 8.32. The summed E-state index contributed by atoms with van der Waals surface area (Å²) in [5.74, 6) is 3.79. The van der Waals surface area contributed by atoms with Crippen LogP contribution in [0.5, 0.6) is 0 Å². The van der Waals surface area contributed by atoms with Crippen LogP contribution >= 0.6 is 0 Å². The number of hydrogen-bond acceptors (Lipinski definition) is 10. The SMILES string of the molecule is [2H]C([2H])([2H])Nc1cc(NC2=CC=CN(c3ccccn3)C2=C=O)nn2c(C(=O)N[C@@H]3CCN(C)C3=C=O)cnc12. The molecule has 0 spiro atoms. The highest BCUT2D eigenvalue weighted by Crippen LogP contribution is 2.27. The molecule has 1 fully saturated rings. The Balaban J connectivity index is 1.51. The van der Waals surface area contributed by atoms with E-state index in [1.807, 2.05) is 11.9 Å². The van der Waals surface area contributed by atoms with Crippen molar-refractivity contribution in [2.75, 3.05) is 36.1 Å². The number of nitrogens with zero attached hydrogens (tertiary/aromatic N) is 6. The molecule has 12 nitrogen and oxygen atoms in total. The first-order valence-electron chi connectivity index (χ1n) is 12.7. The van der Waals surface area contributed by atoms with Crippen LogP contribution in [-0.4, -0.2) is 68.9 Å². The van der Waals surface area contributed by atoms with Gasteiger partial charge >= 0.3 is 0 Å². The summed E-state index contributed by atoms with van der Waals surface area (Å²) in [5, 5.41) is 12.7. The molecule has 0 aromatic carbocycles. The Labute approximate surface area is 215 Å². The molecule has 3 aromatic rings. The molecular formula is C25H23N9O3. The fourth-order valence-electron chi connectivity index (χ4n) is 4.18. The average Bonchev–Trinajstić information content (AvgIpc) is 3.51. The maximum absolute atomic E-state index is 13.2. The lowest BCUT2D eigenvalue weighted by Gasteiger charge is -2.24.